The molecule has 0 N–H and O–H groups in total. The predicted octanol–water partition coefficient (Wildman–Crippen LogP) is 2.88. The minimum absolute atomic E-state index is 0.0591. The van der Waals surface area contributed by atoms with Crippen molar-refractivity contribution < 1.29 is 9.53 Å². The van der Waals surface area contributed by atoms with Crippen molar-refractivity contribution in [1.82, 2.24) is 0 Å². The molecule has 1 heterocycles. The van der Waals surface area contributed by atoms with E-state index in [-0.39, 0.29) is 11.6 Å². The van der Waals surface area contributed by atoms with Crippen LogP contribution in [0.3, 0.4) is 0 Å². The number of ether oxygens (including phenoxy) is 1. The molecule has 2 fully saturated rings. The quantitative estimate of drug-likeness (QED) is 0.524. The smallest absolute Gasteiger partial charge is 0.306 e. The number of cyclic esters (lactones) is 1. The van der Waals surface area contributed by atoms with E-state index in [4.69, 9.17) is 16.3 Å². The highest BCUT2D eigenvalue weighted by Gasteiger charge is 2.46. The summed E-state index contributed by atoms with van der Waals surface area (Å²) in [6.45, 7) is 0. The lowest BCUT2D eigenvalue weighted by atomic mass is 9.76. The van der Waals surface area contributed by atoms with Crippen LogP contribution in [0.5, 0.6) is 0 Å². The number of carbonyl (C=O) groups is 1. The minimum atomic E-state index is -0.306. The van der Waals surface area contributed by atoms with Crippen LogP contribution in [0, 0.1) is 5.92 Å². The standard InChI is InChI=1S/C11H17ClO2/c12-8-11(7-6-10(13)14-11)9-4-2-1-3-5-9/h9H,1-8H2/t11-/m0/s1. The van der Waals surface area contributed by atoms with Gasteiger partial charge in [-0.25, -0.2) is 0 Å². The second kappa shape index (κ2) is 4.09. The molecule has 80 valence electrons. The number of esters is 1. The molecule has 1 atom stereocenters. The summed E-state index contributed by atoms with van der Waals surface area (Å²) >= 11 is 5.99. The fourth-order valence-corrected chi connectivity index (χ4v) is 3.17. The number of alkyl halides is 1. The van der Waals surface area contributed by atoms with Crippen LogP contribution in [0.2, 0.25) is 0 Å². The SMILES string of the molecule is O=C1CC[C@](CCl)(C2CCCCC2)O1. The fourth-order valence-electron chi connectivity index (χ4n) is 2.76. The maximum atomic E-state index is 11.2. The van der Waals surface area contributed by atoms with Crippen molar-refractivity contribution in [3.05, 3.63) is 0 Å². The molecule has 2 rings (SSSR count). The molecule has 0 radical (unpaired) electrons. The average Bonchev–Trinajstić information content (AvgIpc) is 2.63. The van der Waals surface area contributed by atoms with Gasteiger partial charge in [-0.2, -0.15) is 0 Å². The molecule has 0 aromatic carbocycles. The summed E-state index contributed by atoms with van der Waals surface area (Å²) in [6.07, 6.45) is 7.60. The molecule has 0 spiro atoms. The molecule has 0 amide bonds. The molecule has 0 aromatic heterocycles. The van der Waals surface area contributed by atoms with Gasteiger partial charge in [0.15, 0.2) is 0 Å². The Balaban J connectivity index is 2.06. The summed E-state index contributed by atoms with van der Waals surface area (Å²) in [7, 11) is 0. The monoisotopic (exact) mass is 216 g/mol. The lowest BCUT2D eigenvalue weighted by molar-refractivity contribution is -0.151. The normalized spacial score (nSPS) is 34.5. The van der Waals surface area contributed by atoms with Crippen LogP contribution in [0.1, 0.15) is 44.9 Å². The van der Waals surface area contributed by atoms with Gasteiger partial charge in [-0.3, -0.25) is 4.79 Å². The van der Waals surface area contributed by atoms with Crippen LogP contribution in [0.4, 0.5) is 0 Å². The Kier molecular flexibility index (Phi) is 3.01. The molecule has 1 aliphatic carbocycles. The number of hydrogen-bond acceptors (Lipinski definition) is 2. The number of hydrogen-bond donors (Lipinski definition) is 0. The number of carbonyl (C=O) groups excluding carboxylic acids is 1. The summed E-state index contributed by atoms with van der Waals surface area (Å²) in [5.41, 5.74) is -0.306. The molecule has 1 aliphatic heterocycles. The van der Waals surface area contributed by atoms with Gasteiger partial charge in [0, 0.05) is 6.42 Å². The molecule has 2 aliphatic rings. The van der Waals surface area contributed by atoms with Crippen LogP contribution >= 0.6 is 11.6 Å². The molecule has 1 saturated heterocycles. The zero-order chi connectivity index (χ0) is 10.0. The first-order valence-electron chi connectivity index (χ1n) is 5.55. The Morgan fingerprint density at radius 1 is 1.36 bits per heavy atom. The molecular formula is C11H17ClO2. The molecule has 0 unspecified atom stereocenters. The summed E-state index contributed by atoms with van der Waals surface area (Å²) in [5, 5.41) is 0. The largest absolute Gasteiger partial charge is 0.457 e. The lowest BCUT2D eigenvalue weighted by Crippen LogP contribution is -2.40. The van der Waals surface area contributed by atoms with Crippen molar-refractivity contribution in [2.75, 3.05) is 5.88 Å². The number of halogens is 1. The third-order valence-electron chi connectivity index (χ3n) is 3.64. The van der Waals surface area contributed by atoms with Crippen molar-refractivity contribution >= 4 is 17.6 Å². The van der Waals surface area contributed by atoms with Gasteiger partial charge in [0.2, 0.25) is 0 Å². The Hall–Kier alpha value is -0.240. The molecule has 0 bridgehead atoms. The van der Waals surface area contributed by atoms with Gasteiger partial charge in [-0.1, -0.05) is 19.3 Å². The average molecular weight is 217 g/mol. The van der Waals surface area contributed by atoms with Crippen LogP contribution in [-0.2, 0) is 9.53 Å². The van der Waals surface area contributed by atoms with Gasteiger partial charge >= 0.3 is 5.97 Å². The van der Waals surface area contributed by atoms with E-state index >= 15 is 0 Å². The van der Waals surface area contributed by atoms with E-state index in [0.29, 0.717) is 18.2 Å². The lowest BCUT2D eigenvalue weighted by Gasteiger charge is -2.36. The van der Waals surface area contributed by atoms with E-state index in [1.165, 1.54) is 32.1 Å². The molecular weight excluding hydrogens is 200 g/mol. The molecule has 1 saturated carbocycles. The number of rotatable bonds is 2. The van der Waals surface area contributed by atoms with Crippen molar-refractivity contribution in [3.63, 3.8) is 0 Å². The summed E-state index contributed by atoms with van der Waals surface area (Å²) in [4.78, 5) is 11.2. The molecule has 2 nitrogen and oxygen atoms in total. The Bertz CT molecular complexity index is 223. The predicted molar refractivity (Wildman–Crippen MR) is 55.4 cm³/mol. The van der Waals surface area contributed by atoms with Gasteiger partial charge in [0.05, 0.1) is 5.88 Å². The zero-order valence-electron chi connectivity index (χ0n) is 8.43. The van der Waals surface area contributed by atoms with E-state index in [1.807, 2.05) is 0 Å². The molecule has 0 aromatic rings. The Labute approximate surface area is 90.0 Å². The van der Waals surface area contributed by atoms with Crippen molar-refractivity contribution in [3.8, 4) is 0 Å². The first-order chi connectivity index (χ1) is 6.77. The topological polar surface area (TPSA) is 26.3 Å². The van der Waals surface area contributed by atoms with Crippen LogP contribution in [0.25, 0.3) is 0 Å². The van der Waals surface area contributed by atoms with Crippen LogP contribution < -0.4 is 0 Å². The zero-order valence-corrected chi connectivity index (χ0v) is 9.18. The van der Waals surface area contributed by atoms with Crippen molar-refractivity contribution in [1.29, 1.82) is 0 Å². The van der Waals surface area contributed by atoms with Gasteiger partial charge in [-0.05, 0) is 25.2 Å². The Morgan fingerprint density at radius 3 is 2.57 bits per heavy atom. The van der Waals surface area contributed by atoms with E-state index in [1.54, 1.807) is 0 Å². The van der Waals surface area contributed by atoms with E-state index in [9.17, 15) is 4.79 Å². The van der Waals surface area contributed by atoms with E-state index in [2.05, 4.69) is 0 Å². The van der Waals surface area contributed by atoms with Crippen LogP contribution in [-0.4, -0.2) is 17.5 Å². The summed E-state index contributed by atoms with van der Waals surface area (Å²) < 4.78 is 5.47. The van der Waals surface area contributed by atoms with Crippen molar-refractivity contribution in [2.24, 2.45) is 5.92 Å². The fraction of sp³-hybridized carbons (Fsp3) is 0.909. The van der Waals surface area contributed by atoms with E-state index in [0.717, 1.165) is 6.42 Å². The van der Waals surface area contributed by atoms with Gasteiger partial charge < -0.3 is 4.74 Å². The van der Waals surface area contributed by atoms with Gasteiger partial charge in [-0.15, -0.1) is 11.6 Å². The second-order valence-corrected chi connectivity index (χ2v) is 4.77. The highest BCUT2D eigenvalue weighted by molar-refractivity contribution is 6.18. The summed E-state index contributed by atoms with van der Waals surface area (Å²) in [5.74, 6) is 0.931. The maximum absolute atomic E-state index is 11.2. The van der Waals surface area contributed by atoms with Gasteiger partial charge in [0.1, 0.15) is 5.60 Å². The minimum Gasteiger partial charge on any atom is -0.457 e. The second-order valence-electron chi connectivity index (χ2n) is 4.51. The van der Waals surface area contributed by atoms with Crippen LogP contribution in [0.15, 0.2) is 0 Å². The van der Waals surface area contributed by atoms with Gasteiger partial charge in [0.25, 0.3) is 0 Å². The molecule has 3 heteroatoms. The third-order valence-corrected chi connectivity index (χ3v) is 4.10. The van der Waals surface area contributed by atoms with Crippen molar-refractivity contribution in [2.45, 2.75) is 50.5 Å². The first-order valence-corrected chi connectivity index (χ1v) is 6.08. The Morgan fingerprint density at radius 2 is 2.07 bits per heavy atom. The first kappa shape index (κ1) is 10.3. The summed E-state index contributed by atoms with van der Waals surface area (Å²) in [6, 6.07) is 0. The highest BCUT2D eigenvalue weighted by atomic mass is 35.5. The third kappa shape index (κ3) is 1.77. The van der Waals surface area contributed by atoms with E-state index < -0.39 is 0 Å². The molecule has 14 heavy (non-hydrogen) atoms. The highest BCUT2D eigenvalue weighted by Crippen LogP contribution is 2.42. The maximum Gasteiger partial charge on any atom is 0.306 e.